The maximum atomic E-state index is 13.3. The normalized spacial score (nSPS) is 21.2. The number of carbonyl (C=O) groups is 3. The molecule has 2 N–H and O–H groups in total. The molecule has 2 aromatic rings. The molecule has 1 saturated heterocycles. The Morgan fingerprint density at radius 2 is 1.77 bits per heavy atom. The number of alkyl halides is 2. The smallest absolute Gasteiger partial charge is 0.395 e. The number of nitrogens with one attached hydrogen (secondary N) is 2. The lowest BCUT2D eigenvalue weighted by molar-refractivity contribution is -0.286. The highest BCUT2D eigenvalue weighted by Crippen LogP contribution is 2.42. The quantitative estimate of drug-likeness (QED) is 0.704. The van der Waals surface area contributed by atoms with Crippen LogP contribution >= 0.6 is 0 Å². The summed E-state index contributed by atoms with van der Waals surface area (Å²) in [5, 5.41) is 5.00. The number of imide groups is 1. The molecule has 11 heteroatoms. The zero-order valence-corrected chi connectivity index (χ0v) is 16.1. The van der Waals surface area contributed by atoms with Gasteiger partial charge in [-0.15, -0.1) is 8.78 Å². The van der Waals surface area contributed by atoms with Crippen LogP contribution in [0.5, 0.6) is 11.5 Å². The van der Waals surface area contributed by atoms with Crippen LogP contribution in [0.4, 0.5) is 23.7 Å². The van der Waals surface area contributed by atoms with Gasteiger partial charge in [-0.05, 0) is 36.2 Å². The minimum Gasteiger partial charge on any atom is -0.395 e. The molecule has 2 aliphatic heterocycles. The second kappa shape index (κ2) is 7.18. The lowest BCUT2D eigenvalue weighted by Crippen LogP contribution is -2.44. The van der Waals surface area contributed by atoms with Crippen LogP contribution < -0.4 is 20.1 Å². The predicted octanol–water partition coefficient (Wildman–Crippen LogP) is 2.94. The number of benzene rings is 2. The van der Waals surface area contributed by atoms with E-state index in [9.17, 15) is 27.6 Å². The second-order valence-corrected chi connectivity index (χ2v) is 6.96. The monoisotopic (exact) mass is 435 g/mol. The van der Waals surface area contributed by atoms with Crippen molar-refractivity contribution in [3.63, 3.8) is 0 Å². The van der Waals surface area contributed by atoms with Gasteiger partial charge < -0.3 is 20.1 Å². The number of ether oxygens (including phenoxy) is 2. The summed E-state index contributed by atoms with van der Waals surface area (Å²) in [6.07, 6.45) is -3.62. The lowest BCUT2D eigenvalue weighted by Gasteiger charge is -2.25. The second-order valence-electron chi connectivity index (χ2n) is 6.96. The van der Waals surface area contributed by atoms with E-state index >= 15 is 0 Å². The molecule has 0 saturated carbocycles. The van der Waals surface area contributed by atoms with Crippen molar-refractivity contribution in [1.29, 1.82) is 0 Å². The van der Waals surface area contributed by atoms with Gasteiger partial charge in [-0.1, -0.05) is 19.1 Å². The lowest BCUT2D eigenvalue weighted by atomic mass is 9.87. The molecule has 4 rings (SSSR count). The third-order valence-electron chi connectivity index (χ3n) is 5.03. The largest absolute Gasteiger partial charge is 0.586 e. The molecule has 0 unspecified atom stereocenters. The first kappa shape index (κ1) is 20.5. The highest BCUT2D eigenvalue weighted by molar-refractivity contribution is 6.10. The summed E-state index contributed by atoms with van der Waals surface area (Å²) in [4.78, 5) is 38.6. The van der Waals surface area contributed by atoms with E-state index in [2.05, 4.69) is 20.1 Å². The van der Waals surface area contributed by atoms with Gasteiger partial charge in [-0.2, -0.15) is 0 Å². The van der Waals surface area contributed by atoms with Crippen molar-refractivity contribution in [2.75, 3.05) is 11.9 Å². The van der Waals surface area contributed by atoms with Crippen molar-refractivity contribution in [2.24, 2.45) is 0 Å². The van der Waals surface area contributed by atoms with E-state index in [0.717, 1.165) is 11.0 Å². The fourth-order valence-corrected chi connectivity index (χ4v) is 3.51. The molecule has 0 spiro atoms. The van der Waals surface area contributed by atoms with Crippen molar-refractivity contribution in [2.45, 2.75) is 25.2 Å². The van der Waals surface area contributed by atoms with E-state index in [1.165, 1.54) is 36.4 Å². The third kappa shape index (κ3) is 3.62. The van der Waals surface area contributed by atoms with Crippen molar-refractivity contribution in [3.8, 4) is 11.5 Å². The Morgan fingerprint density at radius 1 is 1.10 bits per heavy atom. The highest BCUT2D eigenvalue weighted by Gasteiger charge is 2.51. The number of hydrogen-bond acceptors (Lipinski definition) is 5. The molecule has 162 valence electrons. The summed E-state index contributed by atoms with van der Waals surface area (Å²) in [5.74, 6) is -2.35. The minimum atomic E-state index is -3.80. The third-order valence-corrected chi connectivity index (χ3v) is 5.03. The average molecular weight is 435 g/mol. The number of hydrogen-bond donors (Lipinski definition) is 2. The van der Waals surface area contributed by atoms with E-state index in [0.29, 0.717) is 5.56 Å². The molecule has 2 aromatic carbocycles. The maximum Gasteiger partial charge on any atom is 0.586 e. The van der Waals surface area contributed by atoms with Crippen molar-refractivity contribution in [1.82, 2.24) is 10.2 Å². The summed E-state index contributed by atoms with van der Waals surface area (Å²) in [7, 11) is 0. The number of rotatable bonds is 5. The van der Waals surface area contributed by atoms with Crippen LogP contribution in [0.1, 0.15) is 18.9 Å². The Bertz CT molecular complexity index is 1080. The Kier molecular flexibility index (Phi) is 4.75. The number of halogens is 3. The maximum absolute atomic E-state index is 13.3. The first-order chi connectivity index (χ1) is 14.6. The number of nitrogens with zero attached hydrogens (tertiary/aromatic N) is 1. The molecule has 8 nitrogen and oxygen atoms in total. The van der Waals surface area contributed by atoms with Crippen LogP contribution in [0.2, 0.25) is 0 Å². The van der Waals surface area contributed by atoms with Gasteiger partial charge in [0, 0.05) is 11.8 Å². The Labute approximate surface area is 173 Å². The summed E-state index contributed by atoms with van der Waals surface area (Å²) >= 11 is 0. The first-order valence-electron chi connectivity index (χ1n) is 9.23. The Balaban J connectivity index is 1.48. The zero-order chi connectivity index (χ0) is 22.4. The van der Waals surface area contributed by atoms with Gasteiger partial charge in [-0.25, -0.2) is 9.18 Å². The average Bonchev–Trinajstić information content (AvgIpc) is 3.15. The SMILES string of the molecule is CC[C@@]1(c2ccc(F)cc2)NC(=O)N(CC(=O)Nc2ccc3c(c2)OC(F)(F)O3)C1=O. The van der Waals surface area contributed by atoms with Crippen LogP contribution in [-0.4, -0.2) is 35.6 Å². The van der Waals surface area contributed by atoms with E-state index in [1.54, 1.807) is 6.92 Å². The molecule has 0 bridgehead atoms. The topological polar surface area (TPSA) is 97.0 Å². The highest BCUT2D eigenvalue weighted by atomic mass is 19.3. The van der Waals surface area contributed by atoms with Crippen LogP contribution in [0.25, 0.3) is 0 Å². The predicted molar refractivity (Wildman–Crippen MR) is 99.9 cm³/mol. The fourth-order valence-electron chi connectivity index (χ4n) is 3.51. The van der Waals surface area contributed by atoms with Crippen molar-refractivity contribution in [3.05, 3.63) is 53.8 Å². The molecule has 0 aromatic heterocycles. The molecule has 1 atom stereocenters. The number of carbonyl (C=O) groups excluding carboxylic acids is 3. The van der Waals surface area contributed by atoms with E-state index in [1.807, 2.05) is 0 Å². The van der Waals surface area contributed by atoms with Gasteiger partial charge in [-0.3, -0.25) is 14.5 Å². The molecule has 0 radical (unpaired) electrons. The van der Waals surface area contributed by atoms with Gasteiger partial charge in [0.15, 0.2) is 11.5 Å². The van der Waals surface area contributed by atoms with Crippen LogP contribution in [0.3, 0.4) is 0 Å². The fraction of sp³-hybridized carbons (Fsp3) is 0.250. The minimum absolute atomic E-state index is 0.109. The molecule has 2 aliphatic rings. The number of amides is 4. The van der Waals surface area contributed by atoms with Gasteiger partial charge in [0.2, 0.25) is 5.91 Å². The van der Waals surface area contributed by atoms with Gasteiger partial charge in [0.25, 0.3) is 5.91 Å². The summed E-state index contributed by atoms with van der Waals surface area (Å²) in [5.41, 5.74) is -0.929. The number of anilines is 1. The van der Waals surface area contributed by atoms with Crippen LogP contribution in [0, 0.1) is 5.82 Å². The Hall–Kier alpha value is -3.76. The summed E-state index contributed by atoms with van der Waals surface area (Å²) in [6.45, 7) is 1.06. The van der Waals surface area contributed by atoms with Crippen LogP contribution in [0.15, 0.2) is 42.5 Å². The standard InChI is InChI=1S/C20H16F3N3O5/c1-2-19(11-3-5-12(21)6-4-11)17(28)26(18(29)25-19)10-16(27)24-13-7-8-14-15(9-13)31-20(22,23)30-14/h3-9H,2,10H2,1H3,(H,24,27)(H,25,29)/t19-/m0/s1. The van der Waals surface area contributed by atoms with Gasteiger partial charge in [0.05, 0.1) is 0 Å². The first-order valence-corrected chi connectivity index (χ1v) is 9.23. The van der Waals surface area contributed by atoms with E-state index in [4.69, 9.17) is 0 Å². The van der Waals surface area contributed by atoms with Crippen LogP contribution in [-0.2, 0) is 15.1 Å². The number of fused-ring (bicyclic) bond motifs is 1. The Morgan fingerprint density at radius 3 is 2.45 bits per heavy atom. The molecule has 1 fully saturated rings. The summed E-state index contributed by atoms with van der Waals surface area (Å²) < 4.78 is 48.1. The van der Waals surface area contributed by atoms with Crippen molar-refractivity contribution >= 4 is 23.5 Å². The number of urea groups is 1. The zero-order valence-electron chi connectivity index (χ0n) is 16.1. The molecule has 4 amide bonds. The van der Waals surface area contributed by atoms with E-state index in [-0.39, 0.29) is 23.6 Å². The molecule has 0 aliphatic carbocycles. The van der Waals surface area contributed by atoms with E-state index < -0.39 is 42.0 Å². The van der Waals surface area contributed by atoms with Gasteiger partial charge >= 0.3 is 12.3 Å². The molecule has 31 heavy (non-hydrogen) atoms. The summed E-state index contributed by atoms with van der Waals surface area (Å²) in [6, 6.07) is 7.98. The van der Waals surface area contributed by atoms with Gasteiger partial charge in [0.1, 0.15) is 17.9 Å². The molecule has 2 heterocycles. The van der Waals surface area contributed by atoms with Crippen molar-refractivity contribution < 1.29 is 37.0 Å². The molecular formula is C20H16F3N3O5. The molecular weight excluding hydrogens is 419 g/mol.